The predicted molar refractivity (Wildman–Crippen MR) is 127 cm³/mol. The Hall–Kier alpha value is -3.71. The summed E-state index contributed by atoms with van der Waals surface area (Å²) in [5, 5.41) is 2.59. The topological polar surface area (TPSA) is 64.5 Å². The number of anilines is 1. The van der Waals surface area contributed by atoms with E-state index in [2.05, 4.69) is 4.98 Å². The van der Waals surface area contributed by atoms with Crippen molar-refractivity contribution < 1.29 is 14.3 Å². The number of benzene rings is 2. The van der Waals surface area contributed by atoms with Gasteiger partial charge in [-0.2, -0.15) is 0 Å². The van der Waals surface area contributed by atoms with E-state index < -0.39 is 0 Å². The van der Waals surface area contributed by atoms with Crippen molar-refractivity contribution in [3.05, 3.63) is 89.1 Å². The van der Waals surface area contributed by atoms with Gasteiger partial charge >= 0.3 is 0 Å². The molecule has 1 amide bonds. The molecular weight excluding hydrogens is 422 g/mol. The quantitative estimate of drug-likeness (QED) is 0.382. The van der Waals surface area contributed by atoms with Crippen molar-refractivity contribution in [2.45, 2.75) is 13.5 Å². The van der Waals surface area contributed by atoms with E-state index in [1.807, 2.05) is 60.8 Å². The first-order valence-corrected chi connectivity index (χ1v) is 10.9. The van der Waals surface area contributed by atoms with Gasteiger partial charge in [0.15, 0.2) is 16.6 Å². The molecule has 0 spiro atoms. The number of rotatable bonds is 7. The van der Waals surface area contributed by atoms with Crippen LogP contribution in [0.3, 0.4) is 0 Å². The molecule has 0 radical (unpaired) electrons. The van der Waals surface area contributed by atoms with Gasteiger partial charge in [-0.15, -0.1) is 11.3 Å². The van der Waals surface area contributed by atoms with Gasteiger partial charge in [0.05, 0.1) is 26.5 Å². The number of thiazole rings is 1. The molecule has 0 fully saturated rings. The smallest absolute Gasteiger partial charge is 0.260 e. The molecule has 162 valence electrons. The molecule has 6 nitrogen and oxygen atoms in total. The molecule has 4 aromatic rings. The van der Waals surface area contributed by atoms with Gasteiger partial charge in [0.1, 0.15) is 0 Å². The van der Waals surface area contributed by atoms with E-state index in [9.17, 15) is 4.79 Å². The molecule has 0 saturated heterocycles. The van der Waals surface area contributed by atoms with Gasteiger partial charge in [-0.05, 0) is 42.3 Å². The van der Waals surface area contributed by atoms with Gasteiger partial charge in [0.25, 0.3) is 5.91 Å². The zero-order chi connectivity index (χ0) is 22.5. The lowest BCUT2D eigenvalue weighted by Crippen LogP contribution is -2.30. The van der Waals surface area contributed by atoms with E-state index in [0.29, 0.717) is 28.7 Å². The zero-order valence-electron chi connectivity index (χ0n) is 18.1. The van der Waals surface area contributed by atoms with E-state index in [4.69, 9.17) is 14.5 Å². The number of pyridine rings is 1. The summed E-state index contributed by atoms with van der Waals surface area (Å²) in [5.74, 6) is 0.967. The highest BCUT2D eigenvalue weighted by Gasteiger charge is 2.24. The maximum Gasteiger partial charge on any atom is 0.260 e. The average Bonchev–Trinajstić information content (AvgIpc) is 3.33. The molecule has 7 heteroatoms. The lowest BCUT2D eigenvalue weighted by molar-refractivity contribution is 0.0984. The first-order valence-electron chi connectivity index (χ1n) is 10.0. The third-order valence-electron chi connectivity index (χ3n) is 5.04. The molecule has 0 atom stereocenters. The zero-order valence-corrected chi connectivity index (χ0v) is 18.9. The van der Waals surface area contributed by atoms with Gasteiger partial charge in [-0.3, -0.25) is 14.7 Å². The molecule has 0 N–H and O–H groups in total. The second kappa shape index (κ2) is 9.62. The minimum absolute atomic E-state index is 0.167. The third-order valence-corrected chi connectivity index (χ3v) is 5.90. The van der Waals surface area contributed by atoms with Crippen LogP contribution in [0.15, 0.2) is 72.4 Å². The molecule has 2 heterocycles. The number of hydrogen-bond donors (Lipinski definition) is 0. The Bertz CT molecular complexity index is 1210. The third kappa shape index (κ3) is 4.48. The van der Waals surface area contributed by atoms with Crippen molar-refractivity contribution in [2.24, 2.45) is 0 Å². The van der Waals surface area contributed by atoms with E-state index in [1.54, 1.807) is 37.6 Å². The van der Waals surface area contributed by atoms with E-state index in [-0.39, 0.29) is 5.91 Å². The summed E-state index contributed by atoms with van der Waals surface area (Å²) in [7, 11) is 3.15. The van der Waals surface area contributed by atoms with Crippen LogP contribution in [-0.4, -0.2) is 30.1 Å². The lowest BCUT2D eigenvalue weighted by atomic mass is 10.1. The number of methoxy groups -OCH3 is 2. The second-order valence-electron chi connectivity index (χ2n) is 7.16. The Balaban J connectivity index is 1.74. The number of aromatic nitrogens is 2. The summed E-state index contributed by atoms with van der Waals surface area (Å²) in [5.41, 5.74) is 4.13. The number of hydrogen-bond acceptors (Lipinski definition) is 6. The van der Waals surface area contributed by atoms with Crippen LogP contribution in [-0.2, 0) is 6.54 Å². The highest BCUT2D eigenvalue weighted by Crippen LogP contribution is 2.34. The summed E-state index contributed by atoms with van der Waals surface area (Å²) < 4.78 is 10.9. The molecule has 2 aromatic carbocycles. The maximum atomic E-state index is 13.7. The molecule has 0 unspecified atom stereocenters. The molecule has 0 aliphatic carbocycles. The number of aryl methyl sites for hydroxylation is 1. The fourth-order valence-corrected chi connectivity index (χ4v) is 4.29. The molecule has 0 saturated carbocycles. The average molecular weight is 446 g/mol. The molecule has 0 bridgehead atoms. The summed E-state index contributed by atoms with van der Waals surface area (Å²) >= 11 is 1.44. The predicted octanol–water partition coefficient (Wildman–Crippen LogP) is 5.38. The fraction of sp³-hybridized carbons (Fsp3) is 0.160. The Morgan fingerprint density at radius 1 is 1.03 bits per heavy atom. The van der Waals surface area contributed by atoms with Crippen molar-refractivity contribution in [3.8, 4) is 22.8 Å². The monoisotopic (exact) mass is 445 g/mol. The van der Waals surface area contributed by atoms with Crippen LogP contribution in [0.2, 0.25) is 0 Å². The maximum absolute atomic E-state index is 13.7. The van der Waals surface area contributed by atoms with Crippen molar-refractivity contribution in [1.29, 1.82) is 0 Å². The Labute approximate surface area is 191 Å². The van der Waals surface area contributed by atoms with Crippen LogP contribution in [0.4, 0.5) is 5.13 Å². The summed E-state index contributed by atoms with van der Waals surface area (Å²) in [6.45, 7) is 2.26. The Morgan fingerprint density at radius 3 is 2.47 bits per heavy atom. The van der Waals surface area contributed by atoms with Gasteiger partial charge in [-0.25, -0.2) is 4.98 Å². The molecule has 4 rings (SSSR count). The van der Waals surface area contributed by atoms with Crippen LogP contribution in [0.5, 0.6) is 11.5 Å². The summed E-state index contributed by atoms with van der Waals surface area (Å²) in [6.07, 6.45) is 3.44. The van der Waals surface area contributed by atoms with E-state index in [0.717, 1.165) is 22.4 Å². The minimum Gasteiger partial charge on any atom is -0.493 e. The molecular formula is C25H23N3O3S. The highest BCUT2D eigenvalue weighted by molar-refractivity contribution is 7.14. The van der Waals surface area contributed by atoms with Gasteiger partial charge in [-0.1, -0.05) is 30.3 Å². The molecule has 32 heavy (non-hydrogen) atoms. The SMILES string of the molecule is COc1cc(C(=O)N(Cc2ccncc2)c2nc(-c3ccccc3)cs2)cc(C)c1OC. The minimum atomic E-state index is -0.167. The van der Waals surface area contributed by atoms with Crippen LogP contribution >= 0.6 is 11.3 Å². The highest BCUT2D eigenvalue weighted by atomic mass is 32.1. The van der Waals surface area contributed by atoms with Gasteiger partial charge in [0.2, 0.25) is 0 Å². The first-order chi connectivity index (χ1) is 15.6. The lowest BCUT2D eigenvalue weighted by Gasteiger charge is -2.21. The van der Waals surface area contributed by atoms with Crippen molar-refractivity contribution >= 4 is 22.4 Å². The molecule has 0 aliphatic heterocycles. The van der Waals surface area contributed by atoms with Crippen LogP contribution in [0.1, 0.15) is 21.5 Å². The van der Waals surface area contributed by atoms with Crippen LogP contribution in [0, 0.1) is 6.92 Å². The molecule has 0 aliphatic rings. The van der Waals surface area contributed by atoms with Crippen molar-refractivity contribution in [3.63, 3.8) is 0 Å². The number of ether oxygens (including phenoxy) is 2. The van der Waals surface area contributed by atoms with Crippen LogP contribution in [0.25, 0.3) is 11.3 Å². The second-order valence-corrected chi connectivity index (χ2v) is 7.99. The van der Waals surface area contributed by atoms with E-state index >= 15 is 0 Å². The Morgan fingerprint density at radius 2 is 1.78 bits per heavy atom. The normalized spacial score (nSPS) is 10.6. The fourth-order valence-electron chi connectivity index (χ4n) is 3.46. The van der Waals surface area contributed by atoms with E-state index in [1.165, 1.54) is 11.3 Å². The Kier molecular flexibility index (Phi) is 6.47. The van der Waals surface area contributed by atoms with Crippen molar-refractivity contribution in [1.82, 2.24) is 9.97 Å². The summed E-state index contributed by atoms with van der Waals surface area (Å²) in [4.78, 5) is 24.2. The van der Waals surface area contributed by atoms with Gasteiger partial charge < -0.3 is 9.47 Å². The summed E-state index contributed by atoms with van der Waals surface area (Å²) in [6, 6.07) is 17.2. The largest absolute Gasteiger partial charge is 0.493 e. The number of carbonyl (C=O) groups is 1. The van der Waals surface area contributed by atoms with Gasteiger partial charge in [0, 0.05) is 28.9 Å². The standard InChI is InChI=1S/C25H23N3O3S/c1-17-13-20(14-22(30-2)23(17)31-3)24(29)28(15-18-9-11-26-12-10-18)25-27-21(16-32-25)19-7-5-4-6-8-19/h4-14,16H,15H2,1-3H3. The first kappa shape index (κ1) is 21.5. The number of carbonyl (C=O) groups excluding carboxylic acids is 1. The van der Waals surface area contributed by atoms with Crippen LogP contribution < -0.4 is 14.4 Å². The molecule has 2 aromatic heterocycles. The van der Waals surface area contributed by atoms with Crippen molar-refractivity contribution in [2.75, 3.05) is 19.1 Å². The number of amides is 1. The number of nitrogens with zero attached hydrogens (tertiary/aromatic N) is 3.